The third-order valence-electron chi connectivity index (χ3n) is 1.43. The summed E-state index contributed by atoms with van der Waals surface area (Å²) in [4.78, 5) is 15.4. The topological polar surface area (TPSA) is 42.0 Å². The first-order chi connectivity index (χ1) is 6.15. The molecule has 0 spiro atoms. The van der Waals surface area contributed by atoms with Crippen LogP contribution in [0.15, 0.2) is 5.38 Å². The zero-order chi connectivity index (χ0) is 9.84. The first kappa shape index (κ1) is 10.5. The van der Waals surface area contributed by atoms with Crippen molar-refractivity contribution in [3.8, 4) is 0 Å². The molecule has 5 heteroatoms. The molecular weight excluding hydrogens is 208 g/mol. The fourth-order valence-corrected chi connectivity index (χ4v) is 1.91. The second-order valence-electron chi connectivity index (χ2n) is 2.58. The molecule has 0 saturated heterocycles. The molecule has 0 aliphatic carbocycles. The van der Waals surface area contributed by atoms with Gasteiger partial charge in [0.15, 0.2) is 5.38 Å². The molecule has 13 heavy (non-hydrogen) atoms. The number of nitrogens with one attached hydrogen (secondary N) is 1. The Labute approximate surface area is 86.1 Å². The third kappa shape index (κ3) is 2.67. The Bertz CT molecular complexity index is 300. The lowest BCUT2D eigenvalue weighted by Crippen LogP contribution is -2.26. The van der Waals surface area contributed by atoms with Crippen molar-refractivity contribution in [2.75, 3.05) is 6.54 Å². The van der Waals surface area contributed by atoms with Gasteiger partial charge in [-0.1, -0.05) is 0 Å². The molecule has 1 aromatic heterocycles. The molecule has 1 unspecified atom stereocenters. The van der Waals surface area contributed by atoms with Crippen molar-refractivity contribution in [3.05, 3.63) is 16.1 Å². The summed E-state index contributed by atoms with van der Waals surface area (Å²) in [5.74, 6) is -0.182. The van der Waals surface area contributed by atoms with Gasteiger partial charge in [0.25, 0.3) is 0 Å². The quantitative estimate of drug-likeness (QED) is 0.788. The number of carbonyl (C=O) groups excluding carboxylic acids is 1. The number of alkyl halides is 1. The molecule has 1 rings (SSSR count). The average Bonchev–Trinajstić information content (AvgIpc) is 2.51. The fourth-order valence-electron chi connectivity index (χ4n) is 0.865. The van der Waals surface area contributed by atoms with Crippen molar-refractivity contribution in [2.45, 2.75) is 19.2 Å². The number of carbonyl (C=O) groups is 1. The van der Waals surface area contributed by atoms with Crippen LogP contribution in [0.4, 0.5) is 0 Å². The zero-order valence-electron chi connectivity index (χ0n) is 7.50. The number of aromatic nitrogens is 1. The van der Waals surface area contributed by atoms with Crippen molar-refractivity contribution in [1.82, 2.24) is 10.3 Å². The van der Waals surface area contributed by atoms with E-state index in [-0.39, 0.29) is 5.91 Å². The summed E-state index contributed by atoms with van der Waals surface area (Å²) in [6.07, 6.45) is 0. The molecule has 1 heterocycles. The molecule has 0 aliphatic rings. The van der Waals surface area contributed by atoms with E-state index in [0.29, 0.717) is 11.6 Å². The summed E-state index contributed by atoms with van der Waals surface area (Å²) >= 11 is 7.29. The molecule has 0 bridgehead atoms. The van der Waals surface area contributed by atoms with Gasteiger partial charge < -0.3 is 5.32 Å². The Hall–Kier alpha value is -0.610. The van der Waals surface area contributed by atoms with E-state index in [9.17, 15) is 4.79 Å². The normalized spacial score (nSPS) is 12.5. The highest BCUT2D eigenvalue weighted by atomic mass is 35.5. The Morgan fingerprint density at radius 1 is 1.85 bits per heavy atom. The molecule has 72 valence electrons. The van der Waals surface area contributed by atoms with Crippen LogP contribution in [0.25, 0.3) is 0 Å². The molecule has 1 N–H and O–H groups in total. The van der Waals surface area contributed by atoms with E-state index in [2.05, 4.69) is 10.3 Å². The molecule has 0 saturated carbocycles. The fraction of sp³-hybridized carbons (Fsp3) is 0.500. The molecular formula is C8H11ClN2OS. The summed E-state index contributed by atoms with van der Waals surface area (Å²) in [6, 6.07) is 0. The number of rotatable bonds is 3. The van der Waals surface area contributed by atoms with Crippen LogP contribution >= 0.6 is 22.9 Å². The Balaban J connectivity index is 2.67. The second kappa shape index (κ2) is 4.58. The largest absolute Gasteiger partial charge is 0.355 e. The minimum Gasteiger partial charge on any atom is -0.355 e. The van der Waals surface area contributed by atoms with E-state index < -0.39 is 5.38 Å². The van der Waals surface area contributed by atoms with Gasteiger partial charge in [-0.3, -0.25) is 4.79 Å². The number of nitrogens with zero attached hydrogens (tertiary/aromatic N) is 1. The van der Waals surface area contributed by atoms with Crippen molar-refractivity contribution in [1.29, 1.82) is 0 Å². The van der Waals surface area contributed by atoms with Crippen LogP contribution in [-0.2, 0) is 4.79 Å². The predicted molar refractivity (Wildman–Crippen MR) is 54.1 cm³/mol. The summed E-state index contributed by atoms with van der Waals surface area (Å²) in [5, 5.41) is 4.53. The van der Waals surface area contributed by atoms with Crippen LogP contribution in [0.5, 0.6) is 0 Å². The molecule has 1 atom stereocenters. The first-order valence-electron chi connectivity index (χ1n) is 3.99. The second-order valence-corrected chi connectivity index (χ2v) is 3.91. The van der Waals surface area contributed by atoms with Crippen molar-refractivity contribution in [2.24, 2.45) is 0 Å². The summed E-state index contributed by atoms with van der Waals surface area (Å²) < 4.78 is 0. The Morgan fingerprint density at radius 2 is 2.54 bits per heavy atom. The summed E-state index contributed by atoms with van der Waals surface area (Å²) in [6.45, 7) is 4.32. The lowest BCUT2D eigenvalue weighted by molar-refractivity contribution is -0.120. The monoisotopic (exact) mass is 218 g/mol. The average molecular weight is 219 g/mol. The van der Waals surface area contributed by atoms with Gasteiger partial charge in [-0.25, -0.2) is 4.98 Å². The maximum absolute atomic E-state index is 11.3. The van der Waals surface area contributed by atoms with Crippen LogP contribution in [0.3, 0.4) is 0 Å². The van der Waals surface area contributed by atoms with E-state index in [0.717, 1.165) is 5.69 Å². The minimum absolute atomic E-state index is 0.182. The van der Waals surface area contributed by atoms with Gasteiger partial charge in [0.05, 0.1) is 0 Å². The van der Waals surface area contributed by atoms with Gasteiger partial charge in [-0.2, -0.15) is 0 Å². The van der Waals surface area contributed by atoms with Gasteiger partial charge in [0.1, 0.15) is 5.01 Å². The van der Waals surface area contributed by atoms with E-state index >= 15 is 0 Å². The SMILES string of the molecule is CCNC(=O)C(Cl)c1nc(C)cs1. The van der Waals surface area contributed by atoms with Crippen molar-refractivity contribution >= 4 is 28.8 Å². The number of thiazole rings is 1. The van der Waals surface area contributed by atoms with E-state index in [4.69, 9.17) is 11.6 Å². The van der Waals surface area contributed by atoms with Gasteiger partial charge in [0, 0.05) is 17.6 Å². The maximum Gasteiger partial charge on any atom is 0.245 e. The van der Waals surface area contributed by atoms with Gasteiger partial charge in [-0.15, -0.1) is 22.9 Å². The highest BCUT2D eigenvalue weighted by molar-refractivity contribution is 7.10. The maximum atomic E-state index is 11.3. The molecule has 0 radical (unpaired) electrons. The van der Waals surface area contributed by atoms with E-state index in [1.165, 1.54) is 11.3 Å². The molecule has 1 aromatic rings. The molecule has 0 aromatic carbocycles. The van der Waals surface area contributed by atoms with Gasteiger partial charge in [-0.05, 0) is 13.8 Å². The summed E-state index contributed by atoms with van der Waals surface area (Å²) in [7, 11) is 0. The number of hydrogen-bond donors (Lipinski definition) is 1. The smallest absolute Gasteiger partial charge is 0.245 e. The number of halogens is 1. The van der Waals surface area contributed by atoms with E-state index in [1.807, 2.05) is 19.2 Å². The first-order valence-corrected chi connectivity index (χ1v) is 5.30. The molecule has 3 nitrogen and oxygen atoms in total. The number of amides is 1. The molecule has 0 aliphatic heterocycles. The van der Waals surface area contributed by atoms with E-state index in [1.54, 1.807) is 0 Å². The minimum atomic E-state index is -0.654. The Kier molecular flexibility index (Phi) is 3.69. The number of aryl methyl sites for hydroxylation is 1. The third-order valence-corrected chi connectivity index (χ3v) is 3.00. The predicted octanol–water partition coefficient (Wildman–Crippen LogP) is 1.87. The Morgan fingerprint density at radius 3 is 3.00 bits per heavy atom. The highest BCUT2D eigenvalue weighted by Crippen LogP contribution is 2.23. The van der Waals surface area contributed by atoms with Crippen LogP contribution in [0, 0.1) is 6.92 Å². The standard InChI is InChI=1S/C8H11ClN2OS/c1-3-10-7(12)6(9)8-11-5(2)4-13-8/h4,6H,3H2,1-2H3,(H,10,12). The number of likely N-dealkylation sites (N-methyl/N-ethyl adjacent to an activating group) is 1. The highest BCUT2D eigenvalue weighted by Gasteiger charge is 2.19. The van der Waals surface area contributed by atoms with Crippen LogP contribution < -0.4 is 5.32 Å². The lowest BCUT2D eigenvalue weighted by atomic mass is 10.4. The van der Waals surface area contributed by atoms with Crippen molar-refractivity contribution < 1.29 is 4.79 Å². The van der Waals surface area contributed by atoms with Gasteiger partial charge in [0.2, 0.25) is 5.91 Å². The lowest BCUT2D eigenvalue weighted by Gasteiger charge is -2.05. The van der Waals surface area contributed by atoms with Crippen LogP contribution in [0.1, 0.15) is 23.0 Å². The van der Waals surface area contributed by atoms with Gasteiger partial charge >= 0.3 is 0 Å². The molecule has 1 amide bonds. The van der Waals surface area contributed by atoms with Crippen molar-refractivity contribution in [3.63, 3.8) is 0 Å². The number of hydrogen-bond acceptors (Lipinski definition) is 3. The van der Waals surface area contributed by atoms with Crippen LogP contribution in [-0.4, -0.2) is 17.4 Å². The molecule has 0 fully saturated rings. The van der Waals surface area contributed by atoms with Crippen LogP contribution in [0.2, 0.25) is 0 Å². The zero-order valence-corrected chi connectivity index (χ0v) is 9.08. The summed E-state index contributed by atoms with van der Waals surface area (Å²) in [5.41, 5.74) is 0.898.